The molecule has 0 spiro atoms. The molecule has 0 saturated heterocycles. The Morgan fingerprint density at radius 1 is 1.17 bits per heavy atom. The van der Waals surface area contributed by atoms with Gasteiger partial charge in [0.05, 0.1) is 0 Å². The van der Waals surface area contributed by atoms with Crippen LogP contribution in [0.4, 0.5) is 0 Å². The average molecular weight is 272 g/mol. The third-order valence-electron chi connectivity index (χ3n) is 4.61. The fraction of sp³-hybridized carbons (Fsp3) is 1.00. The van der Waals surface area contributed by atoms with Crippen LogP contribution in [0.1, 0.15) is 66.2 Å². The Morgan fingerprint density at radius 2 is 1.89 bits per heavy atom. The quantitative estimate of drug-likeness (QED) is 0.686. The van der Waals surface area contributed by atoms with Gasteiger partial charge in [-0.15, -0.1) is 0 Å². The Kier molecular flexibility index (Phi) is 8.41. The van der Waals surface area contributed by atoms with Crippen LogP contribution in [-0.2, 0) is 0 Å². The van der Waals surface area contributed by atoms with Crippen molar-refractivity contribution in [3.05, 3.63) is 0 Å². The summed E-state index contributed by atoms with van der Waals surface area (Å²) in [7, 11) is 0. The molecule has 0 aromatic rings. The summed E-state index contributed by atoms with van der Waals surface area (Å²) in [6.07, 6.45) is 8.52. The van der Waals surface area contributed by atoms with Gasteiger partial charge < -0.3 is 5.32 Å². The van der Waals surface area contributed by atoms with E-state index < -0.39 is 0 Å². The zero-order valence-corrected chi connectivity index (χ0v) is 13.7. The molecule has 2 heteroatoms. The van der Waals surface area contributed by atoms with Gasteiger partial charge in [-0.3, -0.25) is 0 Å². The first-order valence-corrected chi connectivity index (χ1v) is 9.12. The molecular weight excluding hydrogens is 238 g/mol. The highest BCUT2D eigenvalue weighted by molar-refractivity contribution is 7.99. The van der Waals surface area contributed by atoms with Gasteiger partial charge in [0.15, 0.2) is 0 Å². The molecular formula is C16H33NS. The van der Waals surface area contributed by atoms with E-state index in [0.717, 1.165) is 29.7 Å². The number of nitrogens with one attached hydrogen (secondary N) is 1. The summed E-state index contributed by atoms with van der Waals surface area (Å²) in [5, 5.41) is 4.59. The van der Waals surface area contributed by atoms with Crippen molar-refractivity contribution in [2.45, 2.75) is 77.5 Å². The lowest BCUT2D eigenvalue weighted by atomic mass is 9.74. The first-order valence-electron chi connectivity index (χ1n) is 8.07. The molecule has 18 heavy (non-hydrogen) atoms. The lowest BCUT2D eigenvalue weighted by molar-refractivity contribution is 0.186. The van der Waals surface area contributed by atoms with Gasteiger partial charge in [0, 0.05) is 17.0 Å². The SMILES string of the molecule is CCNC(CSC(C)CC)C1CCCCC1CC. The molecule has 4 unspecified atom stereocenters. The van der Waals surface area contributed by atoms with Crippen molar-refractivity contribution in [1.82, 2.24) is 5.32 Å². The lowest BCUT2D eigenvalue weighted by Gasteiger charge is -2.37. The van der Waals surface area contributed by atoms with Crippen molar-refractivity contribution in [2.75, 3.05) is 12.3 Å². The minimum atomic E-state index is 0.749. The van der Waals surface area contributed by atoms with Crippen LogP contribution < -0.4 is 5.32 Å². The van der Waals surface area contributed by atoms with Gasteiger partial charge in [-0.25, -0.2) is 0 Å². The molecule has 1 N–H and O–H groups in total. The van der Waals surface area contributed by atoms with Crippen molar-refractivity contribution in [3.63, 3.8) is 0 Å². The summed E-state index contributed by atoms with van der Waals surface area (Å²) in [5.41, 5.74) is 0. The second kappa shape index (κ2) is 9.25. The van der Waals surface area contributed by atoms with E-state index in [4.69, 9.17) is 0 Å². The molecule has 1 nitrogen and oxygen atoms in total. The minimum absolute atomic E-state index is 0.749. The molecule has 1 aliphatic carbocycles. The summed E-state index contributed by atoms with van der Waals surface area (Å²) in [6, 6.07) is 0.749. The van der Waals surface area contributed by atoms with E-state index in [9.17, 15) is 0 Å². The molecule has 0 aromatic heterocycles. The van der Waals surface area contributed by atoms with Crippen LogP contribution in [0, 0.1) is 11.8 Å². The van der Waals surface area contributed by atoms with Gasteiger partial charge in [-0.05, 0) is 31.2 Å². The molecule has 108 valence electrons. The molecule has 1 aliphatic rings. The summed E-state index contributed by atoms with van der Waals surface area (Å²) < 4.78 is 0. The maximum absolute atomic E-state index is 3.78. The van der Waals surface area contributed by atoms with Gasteiger partial charge in [0.1, 0.15) is 0 Å². The predicted octanol–water partition coefficient (Wildman–Crippen LogP) is 4.71. The van der Waals surface area contributed by atoms with E-state index in [-0.39, 0.29) is 0 Å². The van der Waals surface area contributed by atoms with E-state index in [0.29, 0.717) is 0 Å². The molecule has 1 rings (SSSR count). The summed E-state index contributed by atoms with van der Waals surface area (Å²) >= 11 is 2.17. The monoisotopic (exact) mass is 271 g/mol. The van der Waals surface area contributed by atoms with Crippen LogP contribution in [0.2, 0.25) is 0 Å². The first kappa shape index (κ1) is 16.4. The summed E-state index contributed by atoms with van der Waals surface area (Å²) in [4.78, 5) is 0. The third-order valence-corrected chi connectivity index (χ3v) is 6.06. The molecule has 1 saturated carbocycles. The van der Waals surface area contributed by atoms with Crippen molar-refractivity contribution in [2.24, 2.45) is 11.8 Å². The van der Waals surface area contributed by atoms with Gasteiger partial charge in [-0.1, -0.05) is 53.4 Å². The molecule has 0 aliphatic heterocycles. The molecule has 4 atom stereocenters. The fourth-order valence-corrected chi connectivity index (χ4v) is 4.39. The van der Waals surface area contributed by atoms with Gasteiger partial charge in [-0.2, -0.15) is 11.8 Å². The van der Waals surface area contributed by atoms with E-state index >= 15 is 0 Å². The summed E-state index contributed by atoms with van der Waals surface area (Å²) in [5.74, 6) is 3.21. The smallest absolute Gasteiger partial charge is 0.0189 e. The van der Waals surface area contributed by atoms with E-state index in [1.54, 1.807) is 0 Å². The highest BCUT2D eigenvalue weighted by atomic mass is 32.2. The van der Waals surface area contributed by atoms with Crippen molar-refractivity contribution in [3.8, 4) is 0 Å². The Morgan fingerprint density at radius 3 is 2.50 bits per heavy atom. The molecule has 0 bridgehead atoms. The average Bonchev–Trinajstić information content (AvgIpc) is 2.43. The van der Waals surface area contributed by atoms with E-state index in [1.165, 1.54) is 44.3 Å². The molecule has 0 heterocycles. The molecule has 0 amide bonds. The fourth-order valence-electron chi connectivity index (χ4n) is 3.25. The van der Waals surface area contributed by atoms with Gasteiger partial charge >= 0.3 is 0 Å². The Bertz CT molecular complexity index is 207. The van der Waals surface area contributed by atoms with E-state index in [2.05, 4.69) is 44.8 Å². The lowest BCUT2D eigenvalue weighted by Crippen LogP contribution is -2.43. The van der Waals surface area contributed by atoms with Crippen molar-refractivity contribution < 1.29 is 0 Å². The number of rotatable bonds is 8. The summed E-state index contributed by atoms with van der Waals surface area (Å²) in [6.45, 7) is 10.4. The maximum atomic E-state index is 3.78. The van der Waals surface area contributed by atoms with Crippen molar-refractivity contribution >= 4 is 11.8 Å². The molecule has 0 aromatic carbocycles. The number of hydrogen-bond donors (Lipinski definition) is 1. The Labute approximate surface area is 119 Å². The zero-order chi connectivity index (χ0) is 13.4. The van der Waals surface area contributed by atoms with Gasteiger partial charge in [0.2, 0.25) is 0 Å². The first-order chi connectivity index (χ1) is 8.72. The van der Waals surface area contributed by atoms with Gasteiger partial charge in [0.25, 0.3) is 0 Å². The standard InChI is InChI=1S/C16H33NS/c1-5-13(4)18-12-16(17-7-3)15-11-9-8-10-14(15)6-2/h13-17H,5-12H2,1-4H3. The van der Waals surface area contributed by atoms with Crippen molar-refractivity contribution in [1.29, 1.82) is 0 Å². The Balaban J connectivity index is 2.52. The normalized spacial score (nSPS) is 28.0. The molecule has 0 radical (unpaired) electrons. The predicted molar refractivity (Wildman–Crippen MR) is 85.4 cm³/mol. The van der Waals surface area contributed by atoms with E-state index in [1.807, 2.05) is 0 Å². The zero-order valence-electron chi connectivity index (χ0n) is 12.9. The minimum Gasteiger partial charge on any atom is -0.313 e. The third kappa shape index (κ3) is 5.13. The number of thioether (sulfide) groups is 1. The maximum Gasteiger partial charge on any atom is 0.0189 e. The van der Waals surface area contributed by atoms with Crippen LogP contribution in [0.3, 0.4) is 0 Å². The Hall–Kier alpha value is 0.310. The highest BCUT2D eigenvalue weighted by Gasteiger charge is 2.30. The van der Waals surface area contributed by atoms with Crippen LogP contribution in [0.5, 0.6) is 0 Å². The van der Waals surface area contributed by atoms with Crippen LogP contribution in [0.15, 0.2) is 0 Å². The second-order valence-corrected chi connectivity index (χ2v) is 7.30. The highest BCUT2D eigenvalue weighted by Crippen LogP contribution is 2.35. The molecule has 1 fully saturated rings. The number of hydrogen-bond acceptors (Lipinski definition) is 2. The second-order valence-electron chi connectivity index (χ2n) is 5.83. The van der Waals surface area contributed by atoms with Crippen LogP contribution in [-0.4, -0.2) is 23.6 Å². The largest absolute Gasteiger partial charge is 0.313 e. The van der Waals surface area contributed by atoms with Crippen LogP contribution >= 0.6 is 11.8 Å². The topological polar surface area (TPSA) is 12.0 Å². The van der Waals surface area contributed by atoms with Crippen LogP contribution in [0.25, 0.3) is 0 Å².